The average Bonchev–Trinajstić information content (AvgIpc) is 2.45. The Balaban J connectivity index is -0.0000000305. The number of unbranched alkanes of at least 4 members (excludes halogenated alkanes) is 2. The summed E-state index contributed by atoms with van der Waals surface area (Å²) in [6.45, 7) is 27.2. The van der Waals surface area contributed by atoms with Crippen LogP contribution in [-0.4, -0.2) is 0 Å². The molecule has 0 N–H and O–H groups in total. The highest BCUT2D eigenvalue weighted by Gasteiger charge is 1.68. The predicted molar refractivity (Wildman–Crippen MR) is 105 cm³/mol. The van der Waals surface area contributed by atoms with Crippen molar-refractivity contribution in [1.82, 2.24) is 0 Å². The minimum Gasteiger partial charge on any atom is -0.0919 e. The first-order chi connectivity index (χ1) is 9.47. The maximum atomic E-state index is 2.21. The van der Waals surface area contributed by atoms with Crippen LogP contribution in [0.25, 0.3) is 0 Å². The molecular formula is C20H50. The first-order valence-electron chi connectivity index (χ1n) is 9.05. The van der Waals surface area contributed by atoms with Gasteiger partial charge in [-0.05, 0) is 19.8 Å². The molecule has 0 spiro atoms. The van der Waals surface area contributed by atoms with E-state index in [-0.39, 0.29) is 0 Å². The lowest BCUT2D eigenvalue weighted by Crippen LogP contribution is -1.66. The highest BCUT2D eigenvalue weighted by atomic mass is 13.7. The van der Waals surface area contributed by atoms with Crippen molar-refractivity contribution in [3.8, 4) is 0 Å². The largest absolute Gasteiger partial charge is 0.0919 e. The van der Waals surface area contributed by atoms with Crippen LogP contribution in [0.3, 0.4) is 0 Å². The van der Waals surface area contributed by atoms with Crippen LogP contribution in [-0.2, 0) is 0 Å². The van der Waals surface area contributed by atoms with Crippen molar-refractivity contribution in [2.75, 3.05) is 0 Å². The Morgan fingerprint density at radius 2 is 0.800 bits per heavy atom. The normalized spacial score (nSPS) is 7.30. The molecule has 0 bridgehead atoms. The van der Waals surface area contributed by atoms with E-state index >= 15 is 0 Å². The summed E-state index contributed by atoms with van der Waals surface area (Å²) in [5.41, 5.74) is 0. The van der Waals surface area contributed by atoms with Crippen molar-refractivity contribution in [3.05, 3.63) is 12.2 Å². The minimum atomic E-state index is 0.833. The zero-order valence-electron chi connectivity index (χ0n) is 17.6. The summed E-state index contributed by atoms with van der Waals surface area (Å²) < 4.78 is 0. The lowest BCUT2D eigenvalue weighted by molar-refractivity contribution is 0.737. The van der Waals surface area contributed by atoms with Crippen molar-refractivity contribution in [2.45, 2.75) is 116 Å². The number of rotatable bonds is 2. The van der Waals surface area contributed by atoms with Crippen LogP contribution in [0.1, 0.15) is 116 Å². The van der Waals surface area contributed by atoms with E-state index in [1.807, 2.05) is 53.7 Å². The topological polar surface area (TPSA) is 0 Å². The molecule has 0 aromatic carbocycles. The maximum absolute atomic E-state index is 2.21. The Labute approximate surface area is 134 Å². The van der Waals surface area contributed by atoms with Crippen LogP contribution in [0.4, 0.5) is 0 Å². The van der Waals surface area contributed by atoms with Gasteiger partial charge in [0.2, 0.25) is 0 Å². The highest BCUT2D eigenvalue weighted by Crippen LogP contribution is 1.88. The molecule has 0 fully saturated rings. The molecule has 0 aliphatic rings. The number of hydrogen-bond acceptors (Lipinski definition) is 0. The van der Waals surface area contributed by atoms with Gasteiger partial charge in [0.1, 0.15) is 0 Å². The van der Waals surface area contributed by atoms with E-state index in [9.17, 15) is 0 Å². The highest BCUT2D eigenvalue weighted by molar-refractivity contribution is 4.68. The fourth-order valence-electron chi connectivity index (χ4n) is 0.354. The summed E-state index contributed by atoms with van der Waals surface area (Å²) in [5.74, 6) is 0.833. The van der Waals surface area contributed by atoms with Crippen LogP contribution < -0.4 is 0 Å². The van der Waals surface area contributed by atoms with E-state index in [0.717, 1.165) is 5.92 Å². The van der Waals surface area contributed by atoms with Crippen molar-refractivity contribution in [3.63, 3.8) is 0 Å². The summed E-state index contributed by atoms with van der Waals surface area (Å²) in [5, 5.41) is 0. The van der Waals surface area contributed by atoms with Gasteiger partial charge in [-0.3, -0.25) is 0 Å². The van der Waals surface area contributed by atoms with Crippen molar-refractivity contribution in [1.29, 1.82) is 0 Å². The zero-order valence-corrected chi connectivity index (χ0v) is 17.6. The molecule has 0 radical (unpaired) electrons. The van der Waals surface area contributed by atoms with E-state index in [2.05, 4.69) is 48.5 Å². The van der Waals surface area contributed by atoms with Crippen LogP contribution >= 0.6 is 0 Å². The Bertz CT molecular complexity index is 71.3. The van der Waals surface area contributed by atoms with Gasteiger partial charge in [0.15, 0.2) is 0 Å². The summed E-state index contributed by atoms with van der Waals surface area (Å²) in [4.78, 5) is 0. The third-order valence-electron chi connectivity index (χ3n) is 1.04. The van der Waals surface area contributed by atoms with E-state index in [4.69, 9.17) is 0 Å². The van der Waals surface area contributed by atoms with E-state index in [1.165, 1.54) is 25.7 Å². The summed E-state index contributed by atoms with van der Waals surface area (Å²) >= 11 is 0. The predicted octanol–water partition coefficient (Wildman–Crippen LogP) is 8.91. The Hall–Kier alpha value is -0.260. The molecule has 0 rings (SSSR count). The fourth-order valence-corrected chi connectivity index (χ4v) is 0.354. The molecule has 0 saturated carbocycles. The quantitative estimate of drug-likeness (QED) is 0.445. The molecule has 0 atom stereocenters. The van der Waals surface area contributed by atoms with Gasteiger partial charge in [-0.2, -0.15) is 0 Å². The SMILES string of the molecule is C/C=C/C.CC.CC.CC(C)C.CCC.CCCCC. The molecule has 0 unspecified atom stereocenters. The van der Waals surface area contributed by atoms with Crippen molar-refractivity contribution >= 4 is 0 Å². The van der Waals surface area contributed by atoms with Gasteiger partial charge in [-0.25, -0.2) is 0 Å². The first kappa shape index (κ1) is 36.7. The molecule has 0 saturated heterocycles. The second-order valence-corrected chi connectivity index (χ2v) is 4.46. The van der Waals surface area contributed by atoms with Gasteiger partial charge in [0.05, 0.1) is 0 Å². The smallest absolute Gasteiger partial charge is 0.0470 e. The second kappa shape index (κ2) is 77.2. The van der Waals surface area contributed by atoms with E-state index < -0.39 is 0 Å². The van der Waals surface area contributed by atoms with Crippen LogP contribution in [0.2, 0.25) is 0 Å². The standard InChI is InChI=1S/C5H12.C4H10.C4H8.C3H8.2C2H6/c1-3-5-4-2;1-4(2)3;1-3-4-2;1-3-2;2*1-2/h3-5H2,1-2H3;4H,1-3H3;3-4H,1-2H3;3H2,1-2H3;2*1-2H3/b;;4-3+;;;. The van der Waals surface area contributed by atoms with Crippen molar-refractivity contribution < 1.29 is 0 Å². The Morgan fingerprint density at radius 3 is 0.800 bits per heavy atom. The van der Waals surface area contributed by atoms with E-state index in [0.29, 0.717) is 0 Å². The third-order valence-corrected chi connectivity index (χ3v) is 1.04. The average molecular weight is 291 g/mol. The molecule has 0 amide bonds. The molecule has 0 nitrogen and oxygen atoms in total. The van der Waals surface area contributed by atoms with Crippen LogP contribution in [0.15, 0.2) is 12.2 Å². The molecule has 0 aliphatic carbocycles. The van der Waals surface area contributed by atoms with Gasteiger partial charge < -0.3 is 0 Å². The molecule has 0 aromatic rings. The van der Waals surface area contributed by atoms with Gasteiger partial charge in [-0.1, -0.05) is 114 Å². The zero-order chi connectivity index (χ0) is 17.8. The van der Waals surface area contributed by atoms with Gasteiger partial charge in [0.25, 0.3) is 0 Å². The first-order valence-corrected chi connectivity index (χ1v) is 9.05. The number of allylic oxidation sites excluding steroid dienone is 2. The number of hydrogen-bond donors (Lipinski definition) is 0. The molecule has 0 heterocycles. The molecule has 0 aromatic heterocycles. The monoisotopic (exact) mass is 290 g/mol. The molecule has 0 heteroatoms. The van der Waals surface area contributed by atoms with Gasteiger partial charge in [0, 0.05) is 0 Å². The van der Waals surface area contributed by atoms with E-state index in [1.54, 1.807) is 0 Å². The van der Waals surface area contributed by atoms with Gasteiger partial charge in [-0.15, -0.1) is 0 Å². The molecular weight excluding hydrogens is 240 g/mol. The van der Waals surface area contributed by atoms with Gasteiger partial charge >= 0.3 is 0 Å². The lowest BCUT2D eigenvalue weighted by atomic mass is 10.3. The molecule has 130 valence electrons. The summed E-state index contributed by atoms with van der Waals surface area (Å²) in [6, 6.07) is 0. The van der Waals surface area contributed by atoms with Crippen LogP contribution in [0.5, 0.6) is 0 Å². The second-order valence-electron chi connectivity index (χ2n) is 4.46. The Morgan fingerprint density at radius 1 is 0.650 bits per heavy atom. The fraction of sp³-hybridized carbons (Fsp3) is 0.900. The molecule has 20 heavy (non-hydrogen) atoms. The van der Waals surface area contributed by atoms with Crippen LogP contribution in [0, 0.1) is 5.92 Å². The lowest BCUT2D eigenvalue weighted by Gasteiger charge is -1.79. The minimum absolute atomic E-state index is 0.833. The summed E-state index contributed by atoms with van der Waals surface area (Å²) in [6.07, 6.45) is 9.33. The van der Waals surface area contributed by atoms with Crippen molar-refractivity contribution in [2.24, 2.45) is 5.92 Å². The molecule has 0 aliphatic heterocycles. The maximum Gasteiger partial charge on any atom is -0.0470 e. The summed E-state index contributed by atoms with van der Waals surface area (Å²) in [7, 11) is 0. The Kier molecular flexibility index (Phi) is 142. The third kappa shape index (κ3) is 662.